The minimum atomic E-state index is -2.75. The van der Waals surface area contributed by atoms with Crippen LogP contribution in [0.1, 0.15) is 34.6 Å². The van der Waals surface area contributed by atoms with E-state index < -0.39 is 15.7 Å². The van der Waals surface area contributed by atoms with Gasteiger partial charge in [-0.15, -0.1) is 0 Å². The standard InChI is InChI=1S/C25H26F2N8OS/c1-35-13-16-8-19(7-15-9-25(26,27)10-17(14-35)22(15)16)30-24-29-12-18(11-28)23(33-24)32-20-5-4-6-21(31-20)34-37(2,3)36/h4-8,12,17H,9-10,13-14H2,1-3H3,(H2,29,30,31,32,33). The number of hydrogen-bond acceptors (Lipinski definition) is 9. The first-order chi connectivity index (χ1) is 17.5. The predicted molar refractivity (Wildman–Crippen MR) is 138 cm³/mol. The van der Waals surface area contributed by atoms with E-state index in [1.165, 1.54) is 18.7 Å². The van der Waals surface area contributed by atoms with Crippen molar-refractivity contribution in [1.29, 1.82) is 5.26 Å². The molecule has 1 aliphatic carbocycles. The van der Waals surface area contributed by atoms with Gasteiger partial charge in [0.05, 0.1) is 6.20 Å². The Bertz CT molecular complexity index is 1540. The molecule has 0 radical (unpaired) electrons. The fourth-order valence-electron chi connectivity index (χ4n) is 4.99. The van der Waals surface area contributed by atoms with Crippen molar-refractivity contribution in [3.8, 4) is 6.07 Å². The molecule has 0 saturated carbocycles. The van der Waals surface area contributed by atoms with Gasteiger partial charge in [-0.3, -0.25) is 0 Å². The maximum Gasteiger partial charge on any atom is 0.252 e. The van der Waals surface area contributed by atoms with Crippen molar-refractivity contribution >= 4 is 38.8 Å². The van der Waals surface area contributed by atoms with Crippen LogP contribution in [0.4, 0.5) is 37.9 Å². The molecule has 0 bridgehead atoms. The molecule has 192 valence electrons. The average molecular weight is 525 g/mol. The highest BCUT2D eigenvalue weighted by molar-refractivity contribution is 7.92. The van der Waals surface area contributed by atoms with Crippen LogP contribution in [0.3, 0.4) is 0 Å². The lowest BCUT2D eigenvalue weighted by atomic mass is 9.76. The highest BCUT2D eigenvalue weighted by atomic mass is 32.2. The van der Waals surface area contributed by atoms with E-state index in [-0.39, 0.29) is 41.9 Å². The van der Waals surface area contributed by atoms with Gasteiger partial charge in [0.1, 0.15) is 17.5 Å². The Kier molecular flexibility index (Phi) is 6.29. The Morgan fingerprint density at radius 2 is 2.00 bits per heavy atom. The Morgan fingerprint density at radius 3 is 2.76 bits per heavy atom. The molecular formula is C25H26F2N8OS. The van der Waals surface area contributed by atoms with Gasteiger partial charge in [-0.05, 0) is 48.0 Å². The van der Waals surface area contributed by atoms with E-state index in [1.54, 1.807) is 24.3 Å². The van der Waals surface area contributed by atoms with Gasteiger partial charge in [0.2, 0.25) is 5.95 Å². The summed E-state index contributed by atoms with van der Waals surface area (Å²) in [5.74, 6) is -1.88. The zero-order chi connectivity index (χ0) is 26.4. The van der Waals surface area contributed by atoms with Crippen LogP contribution in [-0.4, -0.2) is 56.1 Å². The number of hydrogen-bond donors (Lipinski definition) is 2. The van der Waals surface area contributed by atoms with Crippen LogP contribution in [0, 0.1) is 11.3 Å². The summed E-state index contributed by atoms with van der Waals surface area (Å²) in [7, 11) is -0.459. The quantitative estimate of drug-likeness (QED) is 0.493. The van der Waals surface area contributed by atoms with Crippen LogP contribution in [0.5, 0.6) is 0 Å². The summed E-state index contributed by atoms with van der Waals surface area (Å²) in [4.78, 5) is 15.1. The van der Waals surface area contributed by atoms with Crippen molar-refractivity contribution < 1.29 is 13.0 Å². The van der Waals surface area contributed by atoms with Crippen molar-refractivity contribution in [2.45, 2.75) is 31.2 Å². The van der Waals surface area contributed by atoms with Gasteiger partial charge in [0.25, 0.3) is 5.92 Å². The van der Waals surface area contributed by atoms with Crippen LogP contribution in [0.15, 0.2) is 40.9 Å². The molecule has 1 unspecified atom stereocenters. The molecule has 0 amide bonds. The van der Waals surface area contributed by atoms with Gasteiger partial charge in [-0.25, -0.2) is 23.0 Å². The second kappa shape index (κ2) is 9.32. The number of halogens is 2. The normalized spacial score (nSPS) is 18.4. The summed E-state index contributed by atoms with van der Waals surface area (Å²) < 4.78 is 45.1. The number of nitriles is 1. The number of benzene rings is 1. The van der Waals surface area contributed by atoms with E-state index in [4.69, 9.17) is 0 Å². The van der Waals surface area contributed by atoms with Crippen LogP contribution < -0.4 is 10.6 Å². The maximum atomic E-state index is 14.5. The smallest absolute Gasteiger partial charge is 0.252 e. The third-order valence-electron chi connectivity index (χ3n) is 6.19. The lowest BCUT2D eigenvalue weighted by Gasteiger charge is -2.39. The van der Waals surface area contributed by atoms with Crippen LogP contribution in [0.25, 0.3) is 0 Å². The van der Waals surface area contributed by atoms with E-state index in [1.807, 2.05) is 19.2 Å². The molecule has 3 aromatic rings. The average Bonchev–Trinajstić information content (AvgIpc) is 2.77. The van der Waals surface area contributed by atoms with Crippen molar-refractivity contribution in [2.24, 2.45) is 4.36 Å². The van der Waals surface area contributed by atoms with Crippen molar-refractivity contribution in [2.75, 3.05) is 36.7 Å². The van der Waals surface area contributed by atoms with Gasteiger partial charge in [0, 0.05) is 59.8 Å². The summed E-state index contributed by atoms with van der Waals surface area (Å²) in [5, 5.41) is 15.7. The van der Waals surface area contributed by atoms with Crippen molar-refractivity contribution in [1.82, 2.24) is 19.9 Å². The summed E-state index contributed by atoms with van der Waals surface area (Å²) in [6, 6.07) is 10.7. The lowest BCUT2D eigenvalue weighted by molar-refractivity contribution is -0.0252. The topological polar surface area (TPSA) is 119 Å². The Morgan fingerprint density at radius 1 is 1.22 bits per heavy atom. The van der Waals surface area contributed by atoms with Gasteiger partial charge in [-0.1, -0.05) is 6.07 Å². The minimum absolute atomic E-state index is 0.131. The third kappa shape index (κ3) is 5.68. The molecular weight excluding hydrogens is 498 g/mol. The fourth-order valence-corrected chi connectivity index (χ4v) is 5.54. The molecule has 0 fully saturated rings. The summed E-state index contributed by atoms with van der Waals surface area (Å²) in [6.45, 7) is 1.29. The highest BCUT2D eigenvalue weighted by Gasteiger charge is 2.42. The monoisotopic (exact) mass is 524 g/mol. The van der Waals surface area contributed by atoms with Crippen LogP contribution >= 0.6 is 0 Å². The molecule has 5 rings (SSSR count). The zero-order valence-electron chi connectivity index (χ0n) is 20.6. The van der Waals surface area contributed by atoms with Gasteiger partial charge < -0.3 is 15.5 Å². The van der Waals surface area contributed by atoms with Gasteiger partial charge in [-0.2, -0.15) is 14.6 Å². The Labute approximate surface area is 214 Å². The van der Waals surface area contributed by atoms with Crippen molar-refractivity contribution in [3.63, 3.8) is 0 Å². The number of nitrogens with zero attached hydrogens (tertiary/aromatic N) is 6. The number of pyridine rings is 1. The predicted octanol–water partition coefficient (Wildman–Crippen LogP) is 4.70. The molecule has 2 aliphatic rings. The van der Waals surface area contributed by atoms with E-state index in [2.05, 4.69) is 34.8 Å². The van der Waals surface area contributed by atoms with E-state index in [9.17, 15) is 18.3 Å². The van der Waals surface area contributed by atoms with E-state index in [0.717, 1.165) is 11.1 Å². The first-order valence-corrected chi connectivity index (χ1v) is 14.0. The molecule has 1 aromatic carbocycles. The number of anilines is 4. The molecule has 1 aliphatic heterocycles. The summed E-state index contributed by atoms with van der Waals surface area (Å²) in [6.07, 6.45) is 3.98. The second-order valence-electron chi connectivity index (χ2n) is 9.81. The molecule has 2 N–H and O–H groups in total. The lowest BCUT2D eigenvalue weighted by Crippen LogP contribution is -2.39. The molecule has 37 heavy (non-hydrogen) atoms. The number of rotatable bonds is 5. The van der Waals surface area contributed by atoms with E-state index in [0.29, 0.717) is 30.2 Å². The number of likely N-dealkylation sites (N-methyl/N-ethyl adjacent to an activating group) is 1. The SMILES string of the molecule is CN1Cc2cc(Nc3ncc(C#N)c(Nc4cccc(N=S(C)(C)=O)n4)n3)cc3c2C(C1)CC(F)(F)C3. The molecule has 12 heteroatoms. The number of nitrogens with one attached hydrogen (secondary N) is 2. The first-order valence-electron chi connectivity index (χ1n) is 11.7. The largest absolute Gasteiger partial charge is 0.324 e. The molecule has 0 saturated heterocycles. The second-order valence-corrected chi connectivity index (χ2v) is 12.4. The fraction of sp³-hybridized carbons (Fsp3) is 0.360. The molecule has 1 atom stereocenters. The van der Waals surface area contributed by atoms with E-state index >= 15 is 0 Å². The van der Waals surface area contributed by atoms with Crippen molar-refractivity contribution in [3.05, 3.63) is 58.8 Å². The van der Waals surface area contributed by atoms with Crippen LogP contribution in [0.2, 0.25) is 0 Å². The van der Waals surface area contributed by atoms with Crippen LogP contribution in [-0.2, 0) is 22.7 Å². The Hall–Kier alpha value is -3.69. The molecule has 2 aromatic heterocycles. The summed E-state index contributed by atoms with van der Waals surface area (Å²) >= 11 is 0. The zero-order valence-corrected chi connectivity index (χ0v) is 21.4. The Balaban J connectivity index is 1.45. The highest BCUT2D eigenvalue weighted by Crippen LogP contribution is 2.45. The maximum absolute atomic E-state index is 14.5. The summed E-state index contributed by atoms with van der Waals surface area (Å²) in [5.41, 5.74) is 3.51. The van der Waals surface area contributed by atoms with Gasteiger partial charge >= 0.3 is 0 Å². The number of alkyl halides is 2. The minimum Gasteiger partial charge on any atom is -0.324 e. The number of aromatic nitrogens is 3. The first kappa shape index (κ1) is 25.0. The van der Waals surface area contributed by atoms with Gasteiger partial charge in [0.15, 0.2) is 11.6 Å². The molecule has 0 spiro atoms. The molecule has 9 nitrogen and oxygen atoms in total. The third-order valence-corrected chi connectivity index (χ3v) is 6.81. The molecule has 3 heterocycles.